The van der Waals surface area contributed by atoms with E-state index < -0.39 is 0 Å². The van der Waals surface area contributed by atoms with Crippen LogP contribution in [0.2, 0.25) is 5.02 Å². The van der Waals surface area contributed by atoms with Crippen molar-refractivity contribution in [2.75, 3.05) is 0 Å². The van der Waals surface area contributed by atoms with Crippen molar-refractivity contribution in [2.24, 2.45) is 0 Å². The summed E-state index contributed by atoms with van der Waals surface area (Å²) >= 11 is 5.71. The van der Waals surface area contributed by atoms with Crippen molar-refractivity contribution < 1.29 is 0 Å². The first-order valence-corrected chi connectivity index (χ1v) is 6.39. The van der Waals surface area contributed by atoms with E-state index in [1.165, 1.54) is 32.1 Å². The van der Waals surface area contributed by atoms with Crippen molar-refractivity contribution in [3.8, 4) is 0 Å². The molecule has 0 nitrogen and oxygen atoms in total. The Balaban J connectivity index is 0.000000241. The molecule has 1 aromatic carbocycles. The average molecular weight is 227 g/mol. The number of hydrogen-bond donors (Lipinski definition) is 0. The molecule has 86 valence electrons. The standard InChI is InChI=1S/C7H7Cl.C5H10.C2H6/c1-6-4-2-3-5-7(6)8;1-2-4-5-3-1;1-2/h2-5H,1H3;1-5H2;1-2H3. The first-order chi connectivity index (χ1) is 7.30. The Hall–Kier alpha value is -0.490. The largest absolute Gasteiger partial charge is 0.0841 e. The van der Waals surface area contributed by atoms with Crippen LogP contribution in [0.15, 0.2) is 24.3 Å². The number of halogens is 1. The van der Waals surface area contributed by atoms with Crippen LogP contribution in [0, 0.1) is 6.92 Å². The molecule has 1 heteroatoms. The smallest absolute Gasteiger partial charge is 0.0435 e. The molecule has 0 unspecified atom stereocenters. The Labute approximate surface area is 99.7 Å². The third-order valence-electron chi connectivity index (χ3n) is 2.33. The summed E-state index contributed by atoms with van der Waals surface area (Å²) in [5, 5.41) is 0.840. The van der Waals surface area contributed by atoms with Gasteiger partial charge in [-0.1, -0.05) is 75.8 Å². The van der Waals surface area contributed by atoms with Gasteiger partial charge in [-0.15, -0.1) is 0 Å². The van der Waals surface area contributed by atoms with Gasteiger partial charge in [0.1, 0.15) is 0 Å². The van der Waals surface area contributed by atoms with Crippen LogP contribution in [0.5, 0.6) is 0 Å². The van der Waals surface area contributed by atoms with E-state index in [0.29, 0.717) is 0 Å². The van der Waals surface area contributed by atoms with Crippen molar-refractivity contribution in [2.45, 2.75) is 52.9 Å². The molecule has 0 spiro atoms. The lowest BCUT2D eigenvalue weighted by atomic mass is 10.2. The quantitative estimate of drug-likeness (QED) is 0.538. The zero-order valence-corrected chi connectivity index (χ0v) is 11.0. The lowest BCUT2D eigenvalue weighted by molar-refractivity contribution is 0.886. The molecule has 1 saturated carbocycles. The predicted molar refractivity (Wildman–Crippen MR) is 70.6 cm³/mol. The van der Waals surface area contributed by atoms with Crippen LogP contribution >= 0.6 is 11.6 Å². The van der Waals surface area contributed by atoms with E-state index in [9.17, 15) is 0 Å². The summed E-state index contributed by atoms with van der Waals surface area (Å²) in [5.41, 5.74) is 1.13. The number of aryl methyl sites for hydroxylation is 1. The normalized spacial score (nSPS) is 13.3. The molecule has 1 fully saturated rings. The molecule has 0 atom stereocenters. The highest BCUT2D eigenvalue weighted by Gasteiger charge is 1.95. The molecule has 0 bridgehead atoms. The minimum Gasteiger partial charge on any atom is -0.0841 e. The summed E-state index contributed by atoms with van der Waals surface area (Å²) in [4.78, 5) is 0. The van der Waals surface area contributed by atoms with Crippen LogP contribution in [-0.4, -0.2) is 0 Å². The zero-order valence-electron chi connectivity index (χ0n) is 10.2. The second-order valence-electron chi connectivity index (χ2n) is 3.52. The van der Waals surface area contributed by atoms with Crippen molar-refractivity contribution in [3.05, 3.63) is 34.9 Å². The summed E-state index contributed by atoms with van der Waals surface area (Å²) in [5.74, 6) is 0. The predicted octanol–water partition coefficient (Wildman–Crippen LogP) is 5.63. The summed E-state index contributed by atoms with van der Waals surface area (Å²) in [7, 11) is 0. The van der Waals surface area contributed by atoms with Crippen molar-refractivity contribution in [3.63, 3.8) is 0 Å². The molecule has 15 heavy (non-hydrogen) atoms. The maximum atomic E-state index is 5.71. The van der Waals surface area contributed by atoms with E-state index in [-0.39, 0.29) is 0 Å². The minimum absolute atomic E-state index is 0.840. The molecule has 0 amide bonds. The first kappa shape index (κ1) is 14.5. The van der Waals surface area contributed by atoms with Gasteiger partial charge in [0.15, 0.2) is 0 Å². The fourth-order valence-corrected chi connectivity index (χ4v) is 1.57. The van der Waals surface area contributed by atoms with Crippen molar-refractivity contribution in [1.82, 2.24) is 0 Å². The lowest BCUT2D eigenvalue weighted by Gasteiger charge is -1.90. The lowest BCUT2D eigenvalue weighted by Crippen LogP contribution is -1.68. The van der Waals surface area contributed by atoms with Crippen LogP contribution in [0.25, 0.3) is 0 Å². The average Bonchev–Trinajstić information content (AvgIpc) is 2.84. The molecule has 0 heterocycles. The van der Waals surface area contributed by atoms with Gasteiger partial charge in [-0.25, -0.2) is 0 Å². The molecule has 2 rings (SSSR count). The highest BCUT2D eigenvalue weighted by atomic mass is 35.5. The maximum absolute atomic E-state index is 5.71. The topological polar surface area (TPSA) is 0 Å². The zero-order chi connectivity index (χ0) is 11.5. The van der Waals surface area contributed by atoms with Crippen LogP contribution in [-0.2, 0) is 0 Å². The molecular weight excluding hydrogens is 204 g/mol. The summed E-state index contributed by atoms with van der Waals surface area (Å²) < 4.78 is 0. The fourth-order valence-electron chi connectivity index (χ4n) is 1.43. The van der Waals surface area contributed by atoms with E-state index in [0.717, 1.165) is 10.6 Å². The third-order valence-corrected chi connectivity index (χ3v) is 2.75. The highest BCUT2D eigenvalue weighted by molar-refractivity contribution is 6.31. The van der Waals surface area contributed by atoms with Gasteiger partial charge in [0.2, 0.25) is 0 Å². The number of benzene rings is 1. The summed E-state index contributed by atoms with van der Waals surface area (Å²) in [6.45, 7) is 5.99. The molecule has 0 aromatic heterocycles. The van der Waals surface area contributed by atoms with E-state index in [2.05, 4.69) is 0 Å². The molecule has 0 saturated heterocycles. The Kier molecular flexibility index (Phi) is 9.71. The fraction of sp³-hybridized carbons (Fsp3) is 0.571. The van der Waals surface area contributed by atoms with Gasteiger partial charge in [0.25, 0.3) is 0 Å². The molecule has 1 aliphatic carbocycles. The van der Waals surface area contributed by atoms with Gasteiger partial charge in [0.05, 0.1) is 0 Å². The van der Waals surface area contributed by atoms with Crippen LogP contribution in [0.4, 0.5) is 0 Å². The van der Waals surface area contributed by atoms with Crippen LogP contribution in [0.1, 0.15) is 51.5 Å². The van der Waals surface area contributed by atoms with Crippen LogP contribution in [0.3, 0.4) is 0 Å². The molecule has 0 radical (unpaired) electrons. The Bertz CT molecular complexity index is 210. The summed E-state index contributed by atoms with van der Waals surface area (Å²) in [6, 6.07) is 7.77. The Morgan fingerprint density at radius 1 is 0.867 bits per heavy atom. The Morgan fingerprint density at radius 3 is 1.53 bits per heavy atom. The van der Waals surface area contributed by atoms with Gasteiger partial charge < -0.3 is 0 Å². The maximum Gasteiger partial charge on any atom is 0.0435 e. The van der Waals surface area contributed by atoms with E-state index in [1.807, 2.05) is 45.0 Å². The van der Waals surface area contributed by atoms with Crippen molar-refractivity contribution >= 4 is 11.6 Å². The number of rotatable bonds is 0. The number of hydrogen-bond acceptors (Lipinski definition) is 0. The summed E-state index contributed by atoms with van der Waals surface area (Å²) in [6.07, 6.45) is 7.50. The van der Waals surface area contributed by atoms with Crippen molar-refractivity contribution in [1.29, 1.82) is 0 Å². The second kappa shape index (κ2) is 10.0. The van der Waals surface area contributed by atoms with Gasteiger partial charge in [-0.2, -0.15) is 0 Å². The molecule has 1 aromatic rings. The molecule has 0 N–H and O–H groups in total. The van der Waals surface area contributed by atoms with Gasteiger partial charge in [-0.05, 0) is 18.6 Å². The SMILES string of the molecule is C1CCCC1.CC.Cc1ccccc1Cl. The highest BCUT2D eigenvalue weighted by Crippen LogP contribution is 2.15. The van der Waals surface area contributed by atoms with Gasteiger partial charge in [0, 0.05) is 5.02 Å². The monoisotopic (exact) mass is 226 g/mol. The van der Waals surface area contributed by atoms with Gasteiger partial charge >= 0.3 is 0 Å². The minimum atomic E-state index is 0.840. The van der Waals surface area contributed by atoms with Crippen LogP contribution < -0.4 is 0 Å². The van der Waals surface area contributed by atoms with E-state index in [1.54, 1.807) is 0 Å². The molecular formula is C14H23Cl. The Morgan fingerprint density at radius 2 is 1.27 bits per heavy atom. The van der Waals surface area contributed by atoms with E-state index >= 15 is 0 Å². The van der Waals surface area contributed by atoms with E-state index in [4.69, 9.17) is 11.6 Å². The first-order valence-electron chi connectivity index (χ1n) is 6.02. The second-order valence-corrected chi connectivity index (χ2v) is 3.92. The molecule has 1 aliphatic rings. The third kappa shape index (κ3) is 7.44. The molecule has 0 aliphatic heterocycles. The van der Waals surface area contributed by atoms with Gasteiger partial charge in [-0.3, -0.25) is 0 Å².